The molecule has 0 aliphatic heterocycles. The molecule has 0 saturated heterocycles. The zero-order valence-corrected chi connectivity index (χ0v) is 5.90. The molecule has 0 aliphatic rings. The number of carbonyl (C=O) groups is 1. The van der Waals surface area contributed by atoms with E-state index < -0.39 is 5.91 Å². The van der Waals surface area contributed by atoms with E-state index in [-0.39, 0.29) is 5.92 Å². The van der Waals surface area contributed by atoms with E-state index in [0.717, 1.165) is 13.0 Å². The van der Waals surface area contributed by atoms with E-state index in [1.54, 1.807) is 6.92 Å². The van der Waals surface area contributed by atoms with Crippen LogP contribution in [0.1, 0.15) is 13.3 Å². The van der Waals surface area contributed by atoms with E-state index in [0.29, 0.717) is 0 Å². The fraction of sp³-hybridized carbons (Fsp3) is 0.833. The number of hydrogen-bond donors (Lipinski definition) is 1. The second-order valence-corrected chi connectivity index (χ2v) is 2.16. The van der Waals surface area contributed by atoms with Crippen LogP contribution in [0.3, 0.4) is 0 Å². The number of nitrogens with one attached hydrogen (secondary N) is 2. The molecule has 2 N–H and O–H groups in total. The standard InChI is InChI=1S/C6H13N2O/c1-5(6(7)9)3-4-8-2/h5,7-8H,3-4H2,1-2H3. The summed E-state index contributed by atoms with van der Waals surface area (Å²) in [5.74, 6) is -0.581. The minimum Gasteiger partial charge on any atom is -0.320 e. The van der Waals surface area contributed by atoms with Crippen molar-refractivity contribution in [2.24, 2.45) is 5.92 Å². The zero-order chi connectivity index (χ0) is 7.28. The highest BCUT2D eigenvalue weighted by Gasteiger charge is 2.06. The summed E-state index contributed by atoms with van der Waals surface area (Å²) in [6.07, 6.45) is 0.763. The highest BCUT2D eigenvalue weighted by molar-refractivity contribution is 5.75. The van der Waals surface area contributed by atoms with Crippen molar-refractivity contribution < 1.29 is 4.79 Å². The SMILES string of the molecule is CNCCC(C)C([NH])=O. The molecule has 0 fully saturated rings. The second kappa shape index (κ2) is 4.32. The van der Waals surface area contributed by atoms with Gasteiger partial charge < -0.3 is 5.32 Å². The molecular weight excluding hydrogens is 116 g/mol. The van der Waals surface area contributed by atoms with Gasteiger partial charge in [0.15, 0.2) is 0 Å². The normalized spacial score (nSPS) is 13.1. The first-order valence-electron chi connectivity index (χ1n) is 3.08. The van der Waals surface area contributed by atoms with E-state index >= 15 is 0 Å². The van der Waals surface area contributed by atoms with Crippen molar-refractivity contribution in [2.75, 3.05) is 13.6 Å². The van der Waals surface area contributed by atoms with Gasteiger partial charge in [0.25, 0.3) is 0 Å². The number of rotatable bonds is 4. The van der Waals surface area contributed by atoms with Gasteiger partial charge >= 0.3 is 0 Å². The van der Waals surface area contributed by atoms with E-state index in [1.807, 2.05) is 7.05 Å². The van der Waals surface area contributed by atoms with Gasteiger partial charge in [-0.15, -0.1) is 0 Å². The van der Waals surface area contributed by atoms with Crippen LogP contribution in [0.4, 0.5) is 0 Å². The lowest BCUT2D eigenvalue weighted by atomic mass is 10.1. The third-order valence-corrected chi connectivity index (χ3v) is 1.27. The fourth-order valence-electron chi connectivity index (χ4n) is 0.492. The molecule has 9 heavy (non-hydrogen) atoms. The van der Waals surface area contributed by atoms with Crippen molar-refractivity contribution in [2.45, 2.75) is 13.3 Å². The maximum absolute atomic E-state index is 10.3. The molecule has 3 heteroatoms. The Morgan fingerprint density at radius 2 is 2.33 bits per heavy atom. The highest BCUT2D eigenvalue weighted by Crippen LogP contribution is 1.97. The molecule has 0 aromatic rings. The lowest BCUT2D eigenvalue weighted by molar-refractivity contribution is -0.122. The van der Waals surface area contributed by atoms with Crippen LogP contribution in [0.2, 0.25) is 0 Å². The smallest absolute Gasteiger partial charge is 0.241 e. The second-order valence-electron chi connectivity index (χ2n) is 2.16. The number of carbonyl (C=O) groups excluding carboxylic acids is 1. The Hall–Kier alpha value is -0.570. The molecular formula is C6H13N2O. The van der Waals surface area contributed by atoms with Crippen LogP contribution >= 0.6 is 0 Å². The third-order valence-electron chi connectivity index (χ3n) is 1.27. The van der Waals surface area contributed by atoms with Crippen LogP contribution in [0.5, 0.6) is 0 Å². The Balaban J connectivity index is 3.27. The monoisotopic (exact) mass is 129 g/mol. The van der Waals surface area contributed by atoms with Crippen molar-refractivity contribution >= 4 is 5.91 Å². The van der Waals surface area contributed by atoms with Crippen molar-refractivity contribution in [3.8, 4) is 0 Å². The topological polar surface area (TPSA) is 52.9 Å². The van der Waals surface area contributed by atoms with Crippen molar-refractivity contribution in [1.82, 2.24) is 11.1 Å². The van der Waals surface area contributed by atoms with Gasteiger partial charge in [0.1, 0.15) is 0 Å². The van der Waals surface area contributed by atoms with Crippen molar-refractivity contribution in [3.05, 3.63) is 0 Å². The lowest BCUT2D eigenvalue weighted by Gasteiger charge is -2.03. The van der Waals surface area contributed by atoms with Gasteiger partial charge in [-0.05, 0) is 20.0 Å². The molecule has 0 aliphatic carbocycles. The summed E-state index contributed by atoms with van der Waals surface area (Å²) < 4.78 is 0. The number of hydrogen-bond acceptors (Lipinski definition) is 2. The Morgan fingerprint density at radius 3 is 2.67 bits per heavy atom. The minimum atomic E-state index is -0.467. The van der Waals surface area contributed by atoms with E-state index in [9.17, 15) is 4.79 Å². The molecule has 0 aromatic carbocycles. The highest BCUT2D eigenvalue weighted by atomic mass is 16.1. The average molecular weight is 129 g/mol. The average Bonchev–Trinajstić information content (AvgIpc) is 1.82. The van der Waals surface area contributed by atoms with Gasteiger partial charge in [-0.1, -0.05) is 6.92 Å². The number of amides is 1. The summed E-state index contributed by atoms with van der Waals surface area (Å²) in [7, 11) is 1.83. The van der Waals surface area contributed by atoms with Gasteiger partial charge in [0.2, 0.25) is 5.91 Å². The van der Waals surface area contributed by atoms with E-state index in [4.69, 9.17) is 5.73 Å². The maximum atomic E-state index is 10.3. The summed E-state index contributed by atoms with van der Waals surface area (Å²) in [6, 6.07) is 0. The molecule has 1 atom stereocenters. The summed E-state index contributed by atoms with van der Waals surface area (Å²) >= 11 is 0. The van der Waals surface area contributed by atoms with E-state index in [1.165, 1.54) is 0 Å². The molecule has 0 heterocycles. The van der Waals surface area contributed by atoms with Gasteiger partial charge in [-0.2, -0.15) is 0 Å². The summed E-state index contributed by atoms with van der Waals surface area (Å²) in [6.45, 7) is 2.58. The minimum absolute atomic E-state index is 0.113. The van der Waals surface area contributed by atoms with Gasteiger partial charge in [0.05, 0.1) is 0 Å². The van der Waals surface area contributed by atoms with Gasteiger partial charge in [-0.3, -0.25) is 10.5 Å². The first kappa shape index (κ1) is 8.43. The van der Waals surface area contributed by atoms with Crippen LogP contribution in [0.25, 0.3) is 0 Å². The van der Waals surface area contributed by atoms with Crippen LogP contribution in [0, 0.1) is 5.92 Å². The lowest BCUT2D eigenvalue weighted by Crippen LogP contribution is -2.18. The third kappa shape index (κ3) is 3.97. The van der Waals surface area contributed by atoms with Gasteiger partial charge in [0, 0.05) is 5.92 Å². The Bertz CT molecular complexity index is 93.1. The fourth-order valence-corrected chi connectivity index (χ4v) is 0.492. The van der Waals surface area contributed by atoms with Crippen molar-refractivity contribution in [3.63, 3.8) is 0 Å². The van der Waals surface area contributed by atoms with Gasteiger partial charge in [-0.25, -0.2) is 0 Å². The largest absolute Gasteiger partial charge is 0.320 e. The van der Waals surface area contributed by atoms with Crippen molar-refractivity contribution in [1.29, 1.82) is 0 Å². The molecule has 0 bridgehead atoms. The Morgan fingerprint density at radius 1 is 1.78 bits per heavy atom. The molecule has 3 nitrogen and oxygen atoms in total. The first-order chi connectivity index (χ1) is 4.18. The van der Waals surface area contributed by atoms with Crippen LogP contribution in [0.15, 0.2) is 0 Å². The Labute approximate surface area is 55.6 Å². The molecule has 1 unspecified atom stereocenters. The molecule has 53 valence electrons. The maximum Gasteiger partial charge on any atom is 0.241 e. The zero-order valence-electron chi connectivity index (χ0n) is 5.90. The Kier molecular flexibility index (Phi) is 4.05. The molecule has 0 aromatic heterocycles. The van der Waals surface area contributed by atoms with Crippen LogP contribution in [-0.4, -0.2) is 19.5 Å². The summed E-state index contributed by atoms with van der Waals surface area (Å²) in [5, 5.41) is 2.92. The quantitative estimate of drug-likeness (QED) is 0.582. The molecule has 0 rings (SSSR count). The predicted molar refractivity (Wildman–Crippen MR) is 35.8 cm³/mol. The van der Waals surface area contributed by atoms with Crippen LogP contribution < -0.4 is 11.1 Å². The van der Waals surface area contributed by atoms with Crippen LogP contribution in [-0.2, 0) is 4.79 Å². The molecule has 0 spiro atoms. The first-order valence-corrected chi connectivity index (χ1v) is 3.08. The van der Waals surface area contributed by atoms with E-state index in [2.05, 4.69) is 5.32 Å². The molecule has 0 saturated carbocycles. The summed E-state index contributed by atoms with van der Waals surface area (Å²) in [4.78, 5) is 10.3. The predicted octanol–water partition coefficient (Wildman–Crippen LogP) is 0.0415. The molecule has 1 radical (unpaired) electrons. The summed E-state index contributed by atoms with van der Waals surface area (Å²) in [5.41, 5.74) is 6.70. The molecule has 1 amide bonds.